The molecule has 1 aliphatic heterocycles. The van der Waals surface area contributed by atoms with Crippen molar-refractivity contribution in [3.05, 3.63) is 93.3 Å². The highest BCUT2D eigenvalue weighted by Gasteiger charge is 2.53. The van der Waals surface area contributed by atoms with Gasteiger partial charge in [-0.2, -0.15) is 0 Å². The third-order valence-corrected chi connectivity index (χ3v) is 13.0. The zero-order chi connectivity index (χ0) is 29.9. The minimum atomic E-state index is -2.92. The van der Waals surface area contributed by atoms with Crippen LogP contribution in [-0.2, 0) is 18.6 Å². The second kappa shape index (κ2) is 12.6. The SMILES string of the molecule is CO[C@H](C)[C@H](C)O[C@H]1C(O)[C@@H](CO[Si](c2ccccc2)(c2ccccc2)C(C)(C)C)O[C@H]1n1cc(C)c(=O)[nH]c1=O. The molecule has 0 aliphatic carbocycles. The molecule has 4 rings (SSSR count). The van der Waals surface area contributed by atoms with Crippen LogP contribution in [0.25, 0.3) is 0 Å². The lowest BCUT2D eigenvalue weighted by Gasteiger charge is -2.43. The van der Waals surface area contributed by atoms with Gasteiger partial charge in [0.25, 0.3) is 13.9 Å². The van der Waals surface area contributed by atoms with E-state index in [9.17, 15) is 14.7 Å². The van der Waals surface area contributed by atoms with E-state index < -0.39 is 50.2 Å². The Balaban J connectivity index is 1.73. The molecule has 2 heterocycles. The highest BCUT2D eigenvalue weighted by Crippen LogP contribution is 2.38. The molecule has 1 aromatic heterocycles. The van der Waals surface area contributed by atoms with Crippen LogP contribution in [0.4, 0.5) is 0 Å². The van der Waals surface area contributed by atoms with Gasteiger partial charge in [0.1, 0.15) is 18.3 Å². The minimum Gasteiger partial charge on any atom is -0.405 e. The Morgan fingerprint density at radius 1 is 1.00 bits per heavy atom. The first-order chi connectivity index (χ1) is 19.4. The van der Waals surface area contributed by atoms with Crippen molar-refractivity contribution in [3.63, 3.8) is 0 Å². The van der Waals surface area contributed by atoms with E-state index in [1.165, 1.54) is 10.8 Å². The molecule has 10 heteroatoms. The summed E-state index contributed by atoms with van der Waals surface area (Å²) in [5.74, 6) is 0. The molecule has 1 unspecified atom stereocenters. The summed E-state index contributed by atoms with van der Waals surface area (Å²) in [6.45, 7) is 11.9. The first-order valence-corrected chi connectivity index (χ1v) is 15.9. The average molecular weight is 583 g/mol. The number of aliphatic hydroxyl groups excluding tert-OH is 1. The Labute approximate surface area is 242 Å². The number of benzene rings is 2. The van der Waals surface area contributed by atoms with Crippen molar-refractivity contribution in [2.24, 2.45) is 0 Å². The number of hydrogen-bond acceptors (Lipinski definition) is 7. The molecule has 1 saturated heterocycles. The van der Waals surface area contributed by atoms with E-state index in [-0.39, 0.29) is 17.7 Å². The fraction of sp³-hybridized carbons (Fsp3) is 0.484. The number of aromatic nitrogens is 2. The van der Waals surface area contributed by atoms with Gasteiger partial charge in [-0.25, -0.2) is 4.79 Å². The summed E-state index contributed by atoms with van der Waals surface area (Å²) in [5.41, 5.74) is -0.783. The second-order valence-corrected chi connectivity index (χ2v) is 16.1. The van der Waals surface area contributed by atoms with Gasteiger partial charge in [-0.1, -0.05) is 81.4 Å². The van der Waals surface area contributed by atoms with Crippen LogP contribution in [0, 0.1) is 6.92 Å². The largest absolute Gasteiger partial charge is 0.405 e. The van der Waals surface area contributed by atoms with E-state index in [1.807, 2.05) is 50.2 Å². The third kappa shape index (κ3) is 6.18. The zero-order valence-electron chi connectivity index (χ0n) is 24.9. The van der Waals surface area contributed by atoms with Gasteiger partial charge < -0.3 is 23.7 Å². The number of aliphatic hydroxyl groups is 1. The van der Waals surface area contributed by atoms with Crippen LogP contribution in [0.2, 0.25) is 5.04 Å². The summed E-state index contributed by atoms with van der Waals surface area (Å²) >= 11 is 0. The minimum absolute atomic E-state index is 0.0656. The van der Waals surface area contributed by atoms with E-state index in [2.05, 4.69) is 50.0 Å². The summed E-state index contributed by atoms with van der Waals surface area (Å²) < 4.78 is 26.4. The first-order valence-electron chi connectivity index (χ1n) is 14.0. The van der Waals surface area contributed by atoms with Crippen molar-refractivity contribution in [1.29, 1.82) is 0 Å². The Morgan fingerprint density at radius 2 is 1.56 bits per heavy atom. The second-order valence-electron chi connectivity index (χ2n) is 11.8. The number of rotatable bonds is 10. The van der Waals surface area contributed by atoms with Crippen molar-refractivity contribution < 1.29 is 23.7 Å². The molecule has 1 aliphatic rings. The molecule has 2 N–H and O–H groups in total. The molecule has 2 aromatic carbocycles. The van der Waals surface area contributed by atoms with E-state index in [0.717, 1.165) is 10.4 Å². The van der Waals surface area contributed by atoms with Gasteiger partial charge in [-0.05, 0) is 36.2 Å². The lowest BCUT2D eigenvalue weighted by Crippen LogP contribution is -2.67. The quantitative estimate of drug-likeness (QED) is 0.353. The lowest BCUT2D eigenvalue weighted by atomic mass is 10.1. The molecular formula is C31H42N2O7Si. The molecular weight excluding hydrogens is 540 g/mol. The third-order valence-electron chi connectivity index (χ3n) is 8.02. The molecule has 1 fully saturated rings. The highest BCUT2D eigenvalue weighted by atomic mass is 28.4. The molecule has 222 valence electrons. The molecule has 0 radical (unpaired) electrons. The normalized spacial score (nSPS) is 22.9. The Bertz CT molecular complexity index is 1360. The van der Waals surface area contributed by atoms with Crippen molar-refractivity contribution in [2.75, 3.05) is 13.7 Å². The monoisotopic (exact) mass is 582 g/mol. The van der Waals surface area contributed by atoms with Gasteiger partial charge in [0.05, 0.1) is 18.8 Å². The first kappa shape index (κ1) is 31.1. The maximum absolute atomic E-state index is 12.9. The van der Waals surface area contributed by atoms with E-state index in [0.29, 0.717) is 5.56 Å². The van der Waals surface area contributed by atoms with Gasteiger partial charge in [0, 0.05) is 18.9 Å². The van der Waals surface area contributed by atoms with Gasteiger partial charge >= 0.3 is 5.69 Å². The summed E-state index contributed by atoms with van der Waals surface area (Å²) in [6, 6.07) is 20.4. The van der Waals surface area contributed by atoms with Crippen LogP contribution in [0.5, 0.6) is 0 Å². The fourth-order valence-electron chi connectivity index (χ4n) is 5.52. The lowest BCUT2D eigenvalue weighted by molar-refractivity contribution is -0.130. The van der Waals surface area contributed by atoms with Crippen molar-refractivity contribution in [2.45, 2.75) is 83.3 Å². The van der Waals surface area contributed by atoms with Crippen LogP contribution < -0.4 is 21.6 Å². The number of nitrogens with zero attached hydrogens (tertiary/aromatic N) is 1. The van der Waals surface area contributed by atoms with Crippen LogP contribution >= 0.6 is 0 Å². The molecule has 41 heavy (non-hydrogen) atoms. The summed E-state index contributed by atoms with van der Waals surface area (Å²) in [5, 5.41) is 13.5. The molecule has 0 spiro atoms. The summed E-state index contributed by atoms with van der Waals surface area (Å²) in [4.78, 5) is 27.3. The smallest absolute Gasteiger partial charge is 0.330 e. The molecule has 9 nitrogen and oxygen atoms in total. The standard InChI is InChI=1S/C31H42N2O7Si/c1-20-18-33(30(36)32-28(20)35)29-27(39-22(3)21(2)37-7)26(34)25(40-29)19-38-41(31(4,5)6,23-14-10-8-11-15-23)24-16-12-9-13-17-24/h8-18,21-22,25-27,29,34H,19H2,1-7H3,(H,32,35,36)/t21-,22+,25-,26?,27+,29-/m1/s1. The predicted octanol–water partition coefficient (Wildman–Crippen LogP) is 2.49. The van der Waals surface area contributed by atoms with Gasteiger partial charge in [0.2, 0.25) is 0 Å². The maximum atomic E-state index is 12.9. The Morgan fingerprint density at radius 3 is 2.07 bits per heavy atom. The van der Waals surface area contributed by atoms with Crippen LogP contribution in [-0.4, -0.2) is 67.2 Å². The Kier molecular flexibility index (Phi) is 9.52. The highest BCUT2D eigenvalue weighted by molar-refractivity contribution is 6.99. The maximum Gasteiger partial charge on any atom is 0.330 e. The molecule has 6 atom stereocenters. The number of H-pyrrole nitrogens is 1. The molecule has 3 aromatic rings. The number of ether oxygens (including phenoxy) is 3. The van der Waals surface area contributed by atoms with Crippen LogP contribution in [0.15, 0.2) is 76.4 Å². The Hall–Kier alpha value is -2.86. The summed E-state index contributed by atoms with van der Waals surface area (Å²) in [6.07, 6.45) is -3.10. The zero-order valence-corrected chi connectivity index (χ0v) is 25.9. The van der Waals surface area contributed by atoms with Crippen molar-refractivity contribution in [3.8, 4) is 0 Å². The van der Waals surface area contributed by atoms with Gasteiger partial charge in [-0.15, -0.1) is 0 Å². The number of methoxy groups -OCH3 is 1. The van der Waals surface area contributed by atoms with Crippen LogP contribution in [0.1, 0.15) is 46.4 Å². The number of hydrogen-bond donors (Lipinski definition) is 2. The average Bonchev–Trinajstić information content (AvgIpc) is 3.25. The van der Waals surface area contributed by atoms with Crippen molar-refractivity contribution >= 4 is 18.7 Å². The van der Waals surface area contributed by atoms with E-state index in [4.69, 9.17) is 18.6 Å². The summed E-state index contributed by atoms with van der Waals surface area (Å²) in [7, 11) is -1.34. The predicted molar refractivity (Wildman–Crippen MR) is 160 cm³/mol. The molecule has 0 saturated carbocycles. The number of aromatic amines is 1. The number of nitrogens with one attached hydrogen (secondary N) is 1. The van der Waals surface area contributed by atoms with E-state index in [1.54, 1.807) is 14.0 Å². The van der Waals surface area contributed by atoms with Gasteiger partial charge in [-0.3, -0.25) is 14.3 Å². The van der Waals surface area contributed by atoms with Gasteiger partial charge in [0.15, 0.2) is 6.23 Å². The fourth-order valence-corrected chi connectivity index (χ4v) is 10.1. The van der Waals surface area contributed by atoms with Crippen LogP contribution in [0.3, 0.4) is 0 Å². The van der Waals surface area contributed by atoms with Crippen molar-refractivity contribution in [1.82, 2.24) is 9.55 Å². The number of aryl methyl sites for hydroxylation is 1. The molecule has 0 amide bonds. The molecule has 0 bridgehead atoms. The van der Waals surface area contributed by atoms with E-state index >= 15 is 0 Å². The topological polar surface area (TPSA) is 112 Å².